The molecule has 0 radical (unpaired) electrons. The van der Waals surface area contributed by atoms with Crippen LogP contribution in [-0.4, -0.2) is 12.6 Å². The molecule has 88 valence electrons. The lowest BCUT2D eigenvalue weighted by atomic mass is 9.99. The average Bonchev–Trinajstić information content (AvgIpc) is 2.14. The highest BCUT2D eigenvalue weighted by Gasteiger charge is 2.06. The third-order valence-electron chi connectivity index (χ3n) is 2.36. The monoisotopic (exact) mass is 212 g/mol. The number of carbonyl (C=O) groups is 1. The first-order valence-electron chi connectivity index (χ1n) is 5.85. The Morgan fingerprint density at radius 1 is 1.33 bits per heavy atom. The van der Waals surface area contributed by atoms with Gasteiger partial charge in [0.2, 0.25) is 0 Å². The molecule has 0 aliphatic heterocycles. The molecule has 0 N–H and O–H groups in total. The standard InChI is InChI=1S/C13H24O2/c1-5-15-13(14)10-9-12(4)8-6-7-11(2)3/h7,12H,5-6,8-10H2,1-4H3. The lowest BCUT2D eigenvalue weighted by molar-refractivity contribution is -0.143. The van der Waals surface area contributed by atoms with Crippen molar-refractivity contribution in [3.05, 3.63) is 11.6 Å². The van der Waals surface area contributed by atoms with Gasteiger partial charge in [-0.05, 0) is 46.0 Å². The minimum absolute atomic E-state index is 0.0634. The van der Waals surface area contributed by atoms with Crippen LogP contribution < -0.4 is 0 Å². The molecular weight excluding hydrogens is 188 g/mol. The molecule has 0 aromatic carbocycles. The molecule has 0 rings (SSSR count). The summed E-state index contributed by atoms with van der Waals surface area (Å²) >= 11 is 0. The van der Waals surface area contributed by atoms with Gasteiger partial charge in [-0.2, -0.15) is 0 Å². The largest absolute Gasteiger partial charge is 0.466 e. The van der Waals surface area contributed by atoms with Crippen molar-refractivity contribution >= 4 is 5.97 Å². The molecule has 1 unspecified atom stereocenters. The van der Waals surface area contributed by atoms with Gasteiger partial charge in [0.05, 0.1) is 6.61 Å². The molecule has 0 fully saturated rings. The van der Waals surface area contributed by atoms with E-state index in [4.69, 9.17) is 4.74 Å². The maximum absolute atomic E-state index is 11.1. The molecule has 0 aliphatic carbocycles. The van der Waals surface area contributed by atoms with E-state index in [0.29, 0.717) is 18.9 Å². The number of allylic oxidation sites excluding steroid dienone is 2. The summed E-state index contributed by atoms with van der Waals surface area (Å²) in [6, 6.07) is 0. The summed E-state index contributed by atoms with van der Waals surface area (Å²) in [5, 5.41) is 0. The Hall–Kier alpha value is -0.790. The summed E-state index contributed by atoms with van der Waals surface area (Å²) in [5.41, 5.74) is 1.37. The van der Waals surface area contributed by atoms with Crippen LogP contribution in [-0.2, 0) is 9.53 Å². The Labute approximate surface area is 93.7 Å². The second-order valence-electron chi connectivity index (χ2n) is 4.31. The smallest absolute Gasteiger partial charge is 0.305 e. The number of hydrogen-bond acceptors (Lipinski definition) is 2. The van der Waals surface area contributed by atoms with Crippen LogP contribution >= 0.6 is 0 Å². The van der Waals surface area contributed by atoms with Crippen molar-refractivity contribution < 1.29 is 9.53 Å². The summed E-state index contributed by atoms with van der Waals surface area (Å²) in [6.07, 6.45) is 6.02. The average molecular weight is 212 g/mol. The highest BCUT2D eigenvalue weighted by Crippen LogP contribution is 2.14. The van der Waals surface area contributed by atoms with E-state index in [1.54, 1.807) is 0 Å². The lowest BCUT2D eigenvalue weighted by Gasteiger charge is -2.09. The van der Waals surface area contributed by atoms with E-state index in [0.717, 1.165) is 19.3 Å². The normalized spacial score (nSPS) is 12.0. The second kappa shape index (κ2) is 8.51. The SMILES string of the molecule is CCOC(=O)CCC(C)CCC=C(C)C. The van der Waals surface area contributed by atoms with E-state index in [9.17, 15) is 4.79 Å². The van der Waals surface area contributed by atoms with Crippen LogP contribution in [0.2, 0.25) is 0 Å². The summed E-state index contributed by atoms with van der Waals surface area (Å²) in [4.78, 5) is 11.1. The number of esters is 1. The van der Waals surface area contributed by atoms with E-state index >= 15 is 0 Å². The molecule has 0 saturated heterocycles. The zero-order valence-corrected chi connectivity index (χ0v) is 10.5. The Bertz CT molecular complexity index is 203. The molecule has 0 spiro atoms. The van der Waals surface area contributed by atoms with Gasteiger partial charge in [0.15, 0.2) is 0 Å². The van der Waals surface area contributed by atoms with Gasteiger partial charge < -0.3 is 4.74 Å². The number of ether oxygens (including phenoxy) is 1. The van der Waals surface area contributed by atoms with E-state index in [-0.39, 0.29) is 5.97 Å². The maximum atomic E-state index is 11.1. The third-order valence-corrected chi connectivity index (χ3v) is 2.36. The molecule has 2 heteroatoms. The first kappa shape index (κ1) is 14.2. The van der Waals surface area contributed by atoms with E-state index in [1.807, 2.05) is 6.92 Å². The van der Waals surface area contributed by atoms with E-state index < -0.39 is 0 Å². The van der Waals surface area contributed by atoms with E-state index in [1.165, 1.54) is 5.57 Å². The van der Waals surface area contributed by atoms with Crippen LogP contribution in [0.25, 0.3) is 0 Å². The highest BCUT2D eigenvalue weighted by molar-refractivity contribution is 5.69. The van der Waals surface area contributed by atoms with Crippen molar-refractivity contribution in [2.75, 3.05) is 6.61 Å². The van der Waals surface area contributed by atoms with Gasteiger partial charge in [-0.3, -0.25) is 4.79 Å². The molecule has 0 bridgehead atoms. The Balaban J connectivity index is 3.53. The minimum atomic E-state index is -0.0634. The molecule has 2 nitrogen and oxygen atoms in total. The van der Waals surface area contributed by atoms with Crippen molar-refractivity contribution in [2.24, 2.45) is 5.92 Å². The summed E-state index contributed by atoms with van der Waals surface area (Å²) in [6.45, 7) is 8.76. The number of carbonyl (C=O) groups excluding carboxylic acids is 1. The highest BCUT2D eigenvalue weighted by atomic mass is 16.5. The third kappa shape index (κ3) is 9.51. The van der Waals surface area contributed by atoms with Crippen molar-refractivity contribution in [1.82, 2.24) is 0 Å². The second-order valence-corrected chi connectivity index (χ2v) is 4.31. The van der Waals surface area contributed by atoms with Crippen molar-refractivity contribution in [2.45, 2.75) is 53.4 Å². The van der Waals surface area contributed by atoms with Gasteiger partial charge in [0, 0.05) is 6.42 Å². The van der Waals surface area contributed by atoms with Gasteiger partial charge >= 0.3 is 5.97 Å². The fourth-order valence-corrected chi connectivity index (χ4v) is 1.40. The lowest BCUT2D eigenvalue weighted by Crippen LogP contribution is -2.06. The van der Waals surface area contributed by atoms with Gasteiger partial charge in [0.1, 0.15) is 0 Å². The molecule has 0 amide bonds. The molecule has 0 saturated carbocycles. The van der Waals surface area contributed by atoms with Crippen LogP contribution in [0.5, 0.6) is 0 Å². The maximum Gasteiger partial charge on any atom is 0.305 e. The van der Waals surface area contributed by atoms with Crippen LogP contribution in [0.4, 0.5) is 0 Å². The Kier molecular flexibility index (Phi) is 8.06. The molecule has 0 aromatic rings. The fraction of sp³-hybridized carbons (Fsp3) is 0.769. The first-order valence-corrected chi connectivity index (χ1v) is 5.85. The van der Waals surface area contributed by atoms with Crippen molar-refractivity contribution in [3.8, 4) is 0 Å². The fourth-order valence-electron chi connectivity index (χ4n) is 1.40. The minimum Gasteiger partial charge on any atom is -0.466 e. The zero-order valence-electron chi connectivity index (χ0n) is 10.5. The summed E-state index contributed by atoms with van der Waals surface area (Å²) in [5.74, 6) is 0.538. The quantitative estimate of drug-likeness (QED) is 0.475. The molecule has 0 aliphatic rings. The zero-order chi connectivity index (χ0) is 11.7. The summed E-state index contributed by atoms with van der Waals surface area (Å²) in [7, 11) is 0. The first-order chi connectivity index (χ1) is 7.06. The predicted molar refractivity (Wildman–Crippen MR) is 63.7 cm³/mol. The van der Waals surface area contributed by atoms with Crippen LogP contribution in [0.15, 0.2) is 11.6 Å². The van der Waals surface area contributed by atoms with Gasteiger partial charge in [-0.15, -0.1) is 0 Å². The molecule has 0 heterocycles. The van der Waals surface area contributed by atoms with Gasteiger partial charge in [-0.25, -0.2) is 0 Å². The van der Waals surface area contributed by atoms with Crippen LogP contribution in [0.3, 0.4) is 0 Å². The van der Waals surface area contributed by atoms with Crippen LogP contribution in [0, 0.1) is 5.92 Å². The molecule has 15 heavy (non-hydrogen) atoms. The van der Waals surface area contributed by atoms with Crippen LogP contribution in [0.1, 0.15) is 53.4 Å². The van der Waals surface area contributed by atoms with Crippen molar-refractivity contribution in [3.63, 3.8) is 0 Å². The Morgan fingerprint density at radius 3 is 2.53 bits per heavy atom. The molecule has 1 atom stereocenters. The number of hydrogen-bond donors (Lipinski definition) is 0. The van der Waals surface area contributed by atoms with Gasteiger partial charge in [-0.1, -0.05) is 18.6 Å². The Morgan fingerprint density at radius 2 is 2.00 bits per heavy atom. The van der Waals surface area contributed by atoms with Crippen molar-refractivity contribution in [1.29, 1.82) is 0 Å². The van der Waals surface area contributed by atoms with Gasteiger partial charge in [0.25, 0.3) is 0 Å². The topological polar surface area (TPSA) is 26.3 Å². The van der Waals surface area contributed by atoms with E-state index in [2.05, 4.69) is 26.8 Å². The molecular formula is C13H24O2. The predicted octanol–water partition coefficient (Wildman–Crippen LogP) is 3.71. The summed E-state index contributed by atoms with van der Waals surface area (Å²) < 4.78 is 4.88. The number of rotatable bonds is 7. The molecule has 0 aromatic heterocycles.